The molecule has 1 aliphatic rings. The maximum Gasteiger partial charge on any atom is 0.413 e. The maximum absolute atomic E-state index is 14.8. The smallest absolute Gasteiger partial charge is 0.413 e. The van der Waals surface area contributed by atoms with Crippen LogP contribution in [0.2, 0.25) is 0 Å². The van der Waals surface area contributed by atoms with Gasteiger partial charge in [0.1, 0.15) is 12.5 Å². The third-order valence-electron chi connectivity index (χ3n) is 7.43. The van der Waals surface area contributed by atoms with Crippen LogP contribution in [0.3, 0.4) is 0 Å². The number of hydrogen-bond acceptors (Lipinski definition) is 5. The molecule has 0 radical (unpaired) electrons. The van der Waals surface area contributed by atoms with E-state index >= 15 is 0 Å². The predicted molar refractivity (Wildman–Crippen MR) is 156 cm³/mol. The standard InChI is InChI=1S/C34H29FN2O4/c1-37(30-21-40-20-28(30)24-10-6-3-7-11-24)19-22-12-13-26-18-31(38)33(27(26)16-22)36-34(39)41-32-15-14-25(17-29(32)35)23-8-4-2-5-9-23/h2-17,20-21,31,33,38H,18-19H2,1H3,(H,36,39)/t31-,33-/m1/s1. The second-order valence-corrected chi connectivity index (χ2v) is 10.2. The number of ether oxygens (including phenoxy) is 1. The van der Waals surface area contributed by atoms with E-state index in [4.69, 9.17) is 9.15 Å². The van der Waals surface area contributed by atoms with Crippen LogP contribution in [-0.4, -0.2) is 24.4 Å². The number of anilines is 1. The van der Waals surface area contributed by atoms with E-state index in [1.807, 2.05) is 85.9 Å². The topological polar surface area (TPSA) is 74.9 Å². The first-order valence-electron chi connectivity index (χ1n) is 13.4. The first-order valence-corrected chi connectivity index (χ1v) is 13.4. The average molecular weight is 549 g/mol. The van der Waals surface area contributed by atoms with Crippen molar-refractivity contribution >= 4 is 11.8 Å². The average Bonchev–Trinajstić information content (AvgIpc) is 3.60. The van der Waals surface area contributed by atoms with Crippen molar-refractivity contribution in [3.05, 3.63) is 132 Å². The number of fused-ring (bicyclic) bond motifs is 1. The SMILES string of the molecule is CN(Cc1ccc2c(c1)[C@@H](NC(=O)Oc1ccc(-c3ccccc3)cc1F)[C@H](O)C2)c1cocc1-c1ccccc1. The van der Waals surface area contributed by atoms with Crippen LogP contribution in [0.1, 0.15) is 22.7 Å². The Morgan fingerprint density at radius 3 is 2.41 bits per heavy atom. The van der Waals surface area contributed by atoms with Gasteiger partial charge in [0.2, 0.25) is 0 Å². The van der Waals surface area contributed by atoms with E-state index < -0.39 is 24.1 Å². The van der Waals surface area contributed by atoms with E-state index in [1.165, 1.54) is 12.1 Å². The highest BCUT2D eigenvalue weighted by Crippen LogP contribution is 2.35. The second kappa shape index (κ2) is 11.3. The molecule has 6 nitrogen and oxygen atoms in total. The molecule has 1 aromatic heterocycles. The summed E-state index contributed by atoms with van der Waals surface area (Å²) in [6.45, 7) is 0.582. The molecule has 1 heterocycles. The summed E-state index contributed by atoms with van der Waals surface area (Å²) < 4.78 is 25.6. The minimum absolute atomic E-state index is 0.181. The molecule has 1 aliphatic carbocycles. The van der Waals surface area contributed by atoms with Gasteiger partial charge in [-0.3, -0.25) is 0 Å². The minimum Gasteiger partial charge on any atom is -0.470 e. The molecule has 6 rings (SSSR count). The fourth-order valence-electron chi connectivity index (χ4n) is 5.37. The number of rotatable bonds is 7. The minimum atomic E-state index is -0.832. The van der Waals surface area contributed by atoms with Gasteiger partial charge in [-0.1, -0.05) is 84.9 Å². The van der Waals surface area contributed by atoms with Gasteiger partial charge in [-0.2, -0.15) is 0 Å². The fourth-order valence-corrected chi connectivity index (χ4v) is 5.37. The lowest BCUT2D eigenvalue weighted by molar-refractivity contribution is 0.133. The summed E-state index contributed by atoms with van der Waals surface area (Å²) in [6.07, 6.45) is 2.21. The molecule has 0 unspecified atom stereocenters. The zero-order valence-electron chi connectivity index (χ0n) is 22.5. The third-order valence-corrected chi connectivity index (χ3v) is 7.43. The van der Waals surface area contributed by atoms with Gasteiger partial charge in [0, 0.05) is 25.6 Å². The van der Waals surface area contributed by atoms with E-state index in [0.717, 1.165) is 39.1 Å². The van der Waals surface area contributed by atoms with E-state index in [1.54, 1.807) is 18.6 Å². The van der Waals surface area contributed by atoms with Gasteiger partial charge in [0.05, 0.1) is 17.8 Å². The molecule has 2 atom stereocenters. The van der Waals surface area contributed by atoms with Crippen molar-refractivity contribution in [2.24, 2.45) is 0 Å². The lowest BCUT2D eigenvalue weighted by atomic mass is 10.0. The van der Waals surface area contributed by atoms with Crippen LogP contribution in [0.25, 0.3) is 22.3 Å². The number of aliphatic hydroxyl groups excluding tert-OH is 1. The van der Waals surface area contributed by atoms with Crippen molar-refractivity contribution in [1.29, 1.82) is 0 Å². The van der Waals surface area contributed by atoms with Crippen molar-refractivity contribution in [2.45, 2.75) is 25.1 Å². The number of carbonyl (C=O) groups is 1. The van der Waals surface area contributed by atoms with Gasteiger partial charge in [-0.25, -0.2) is 9.18 Å². The Morgan fingerprint density at radius 1 is 0.951 bits per heavy atom. The number of carbonyl (C=O) groups excluding carboxylic acids is 1. The number of nitrogens with zero attached hydrogens (tertiary/aromatic N) is 1. The van der Waals surface area contributed by atoms with Crippen LogP contribution < -0.4 is 15.0 Å². The van der Waals surface area contributed by atoms with Crippen LogP contribution in [0.4, 0.5) is 14.9 Å². The number of nitrogens with one attached hydrogen (secondary N) is 1. The van der Waals surface area contributed by atoms with E-state index in [2.05, 4.69) is 10.2 Å². The highest BCUT2D eigenvalue weighted by molar-refractivity contribution is 5.77. The molecule has 5 aromatic rings. The summed E-state index contributed by atoms with van der Waals surface area (Å²) >= 11 is 0. The molecule has 41 heavy (non-hydrogen) atoms. The molecule has 1 amide bonds. The zero-order valence-corrected chi connectivity index (χ0v) is 22.5. The highest BCUT2D eigenvalue weighted by Gasteiger charge is 2.33. The van der Waals surface area contributed by atoms with Crippen molar-refractivity contribution < 1.29 is 23.4 Å². The van der Waals surface area contributed by atoms with Gasteiger partial charge in [-0.05, 0) is 45.5 Å². The molecule has 0 saturated heterocycles. The van der Waals surface area contributed by atoms with Gasteiger partial charge in [0.25, 0.3) is 0 Å². The largest absolute Gasteiger partial charge is 0.470 e. The van der Waals surface area contributed by atoms with Crippen LogP contribution in [0.15, 0.2) is 114 Å². The summed E-state index contributed by atoms with van der Waals surface area (Å²) in [5, 5.41) is 13.5. The molecule has 0 aliphatic heterocycles. The zero-order chi connectivity index (χ0) is 28.3. The van der Waals surface area contributed by atoms with Gasteiger partial charge < -0.3 is 24.5 Å². The maximum atomic E-state index is 14.8. The molecule has 2 N–H and O–H groups in total. The number of aliphatic hydroxyl groups is 1. The number of amides is 1. The molecular formula is C34H29FN2O4. The van der Waals surface area contributed by atoms with Gasteiger partial charge in [-0.15, -0.1) is 0 Å². The summed E-state index contributed by atoms with van der Waals surface area (Å²) in [6, 6.07) is 29.2. The normalized spacial score (nSPS) is 15.8. The first kappa shape index (κ1) is 26.3. The predicted octanol–water partition coefficient (Wildman–Crippen LogP) is 7.14. The Labute approximate surface area is 237 Å². The van der Waals surface area contributed by atoms with Crippen LogP contribution in [0, 0.1) is 5.82 Å². The quantitative estimate of drug-likeness (QED) is 0.226. The summed E-state index contributed by atoms with van der Waals surface area (Å²) in [5.74, 6) is -0.826. The summed E-state index contributed by atoms with van der Waals surface area (Å²) in [7, 11) is 1.99. The van der Waals surface area contributed by atoms with Crippen LogP contribution in [-0.2, 0) is 13.0 Å². The van der Waals surface area contributed by atoms with Crippen molar-refractivity contribution in [3.63, 3.8) is 0 Å². The molecule has 0 saturated carbocycles. The summed E-state index contributed by atoms with van der Waals surface area (Å²) in [4.78, 5) is 14.9. The Morgan fingerprint density at radius 2 is 1.68 bits per heavy atom. The van der Waals surface area contributed by atoms with Crippen molar-refractivity contribution in [2.75, 3.05) is 11.9 Å². The van der Waals surface area contributed by atoms with Crippen molar-refractivity contribution in [1.82, 2.24) is 5.32 Å². The van der Waals surface area contributed by atoms with E-state index in [-0.39, 0.29) is 5.75 Å². The monoisotopic (exact) mass is 548 g/mol. The van der Waals surface area contributed by atoms with Gasteiger partial charge in [0.15, 0.2) is 11.6 Å². The number of halogens is 1. The Bertz CT molecular complexity index is 1670. The molecule has 4 aromatic carbocycles. The first-order chi connectivity index (χ1) is 20.0. The fraction of sp³-hybridized carbons (Fsp3) is 0.147. The highest BCUT2D eigenvalue weighted by atomic mass is 19.1. The molecule has 206 valence electrons. The molecule has 0 fully saturated rings. The second-order valence-electron chi connectivity index (χ2n) is 10.2. The molecule has 0 bridgehead atoms. The number of hydrogen-bond donors (Lipinski definition) is 2. The van der Waals surface area contributed by atoms with Crippen molar-refractivity contribution in [3.8, 4) is 28.0 Å². The number of furan rings is 1. The Hall–Kier alpha value is -4.88. The molecular weight excluding hydrogens is 519 g/mol. The van der Waals surface area contributed by atoms with Crippen LogP contribution >= 0.6 is 0 Å². The molecule has 0 spiro atoms. The van der Waals surface area contributed by atoms with Crippen LogP contribution in [0.5, 0.6) is 5.75 Å². The van der Waals surface area contributed by atoms with Gasteiger partial charge >= 0.3 is 6.09 Å². The third kappa shape index (κ3) is 5.58. The summed E-state index contributed by atoms with van der Waals surface area (Å²) in [5.41, 5.74) is 7.32. The van der Waals surface area contributed by atoms with E-state index in [9.17, 15) is 14.3 Å². The lowest BCUT2D eigenvalue weighted by Gasteiger charge is -2.21. The lowest BCUT2D eigenvalue weighted by Crippen LogP contribution is -2.36. The van der Waals surface area contributed by atoms with E-state index in [0.29, 0.717) is 18.5 Å². The number of benzene rings is 4. The Kier molecular flexibility index (Phi) is 7.27. The molecule has 7 heteroatoms. The Balaban J connectivity index is 1.15.